The summed E-state index contributed by atoms with van der Waals surface area (Å²) in [7, 11) is 0. The zero-order valence-corrected chi connectivity index (χ0v) is 8.54. The first-order valence-corrected chi connectivity index (χ1v) is 4.73. The van der Waals surface area contributed by atoms with Gasteiger partial charge in [-0.3, -0.25) is 4.68 Å². The number of aromatic nitrogens is 2. The minimum atomic E-state index is 0.297. The number of rotatable bonds is 2. The van der Waals surface area contributed by atoms with Crippen molar-refractivity contribution in [1.82, 2.24) is 9.78 Å². The van der Waals surface area contributed by atoms with Crippen LogP contribution in [0.25, 0.3) is 0 Å². The normalized spacial score (nSPS) is 20.5. The maximum Gasteiger partial charge on any atom is 0.0632 e. The summed E-state index contributed by atoms with van der Waals surface area (Å²) in [5.74, 6) is 0. The van der Waals surface area contributed by atoms with Gasteiger partial charge < -0.3 is 4.74 Å². The van der Waals surface area contributed by atoms with Crippen LogP contribution < -0.4 is 0 Å². The number of hydrogen-bond donors (Lipinski definition) is 0. The number of ether oxygens (including phenoxy) is 1. The predicted molar refractivity (Wildman–Crippen MR) is 48.9 cm³/mol. The van der Waals surface area contributed by atoms with Crippen molar-refractivity contribution in [1.29, 1.82) is 0 Å². The van der Waals surface area contributed by atoms with Crippen LogP contribution in [0.4, 0.5) is 0 Å². The van der Waals surface area contributed by atoms with Crippen molar-refractivity contribution in [3.63, 3.8) is 0 Å². The van der Waals surface area contributed by atoms with Crippen molar-refractivity contribution in [3.8, 4) is 0 Å². The molecule has 0 N–H and O–H groups in total. The summed E-state index contributed by atoms with van der Waals surface area (Å²) in [5.41, 5.74) is 0.297. The van der Waals surface area contributed by atoms with Crippen molar-refractivity contribution in [2.75, 3.05) is 13.2 Å². The van der Waals surface area contributed by atoms with E-state index in [1.54, 1.807) is 0 Å². The fraction of sp³-hybridized carbons (Fsp3) is 0.625. The first-order valence-electron chi connectivity index (χ1n) is 3.94. The first kappa shape index (κ1) is 8.26. The Hall–Kier alpha value is -0.350. The third-order valence-electron chi connectivity index (χ3n) is 2.05. The van der Waals surface area contributed by atoms with Crippen LogP contribution in [0.5, 0.6) is 0 Å². The molecule has 2 heterocycles. The van der Waals surface area contributed by atoms with Crippen molar-refractivity contribution in [2.45, 2.75) is 13.5 Å². The van der Waals surface area contributed by atoms with E-state index in [1.807, 2.05) is 17.1 Å². The Morgan fingerprint density at radius 3 is 2.92 bits per heavy atom. The maximum atomic E-state index is 5.16. The lowest BCUT2D eigenvalue weighted by atomic mass is 9.89. The first-order chi connectivity index (χ1) is 5.68. The smallest absolute Gasteiger partial charge is 0.0632 e. The largest absolute Gasteiger partial charge is 0.380 e. The SMILES string of the molecule is CC1(Cn2cc(Br)cn2)COC1. The highest BCUT2D eigenvalue weighted by Gasteiger charge is 2.33. The molecule has 66 valence electrons. The van der Waals surface area contributed by atoms with E-state index in [0.29, 0.717) is 5.41 Å². The standard InChI is InChI=1S/C8H11BrN2O/c1-8(5-12-6-8)4-11-3-7(9)2-10-11/h2-3H,4-6H2,1H3. The Balaban J connectivity index is 2.03. The van der Waals surface area contributed by atoms with Crippen molar-refractivity contribution < 1.29 is 4.74 Å². The van der Waals surface area contributed by atoms with Crippen LogP contribution in [0, 0.1) is 5.41 Å². The molecule has 1 aromatic heterocycles. The Labute approximate surface area is 79.8 Å². The number of halogens is 1. The fourth-order valence-electron chi connectivity index (χ4n) is 1.36. The lowest BCUT2D eigenvalue weighted by Gasteiger charge is -2.37. The van der Waals surface area contributed by atoms with E-state index >= 15 is 0 Å². The Bertz CT molecular complexity index is 280. The van der Waals surface area contributed by atoms with E-state index in [-0.39, 0.29) is 0 Å². The molecule has 0 aliphatic carbocycles. The van der Waals surface area contributed by atoms with E-state index in [9.17, 15) is 0 Å². The highest BCUT2D eigenvalue weighted by Crippen LogP contribution is 2.28. The molecule has 0 saturated carbocycles. The molecular formula is C8H11BrN2O. The van der Waals surface area contributed by atoms with Crippen molar-refractivity contribution in [3.05, 3.63) is 16.9 Å². The van der Waals surface area contributed by atoms with Gasteiger partial charge in [0, 0.05) is 11.6 Å². The summed E-state index contributed by atoms with van der Waals surface area (Å²) in [5, 5.41) is 4.20. The molecule has 1 fully saturated rings. The molecule has 0 atom stereocenters. The lowest BCUT2D eigenvalue weighted by Crippen LogP contribution is -2.43. The topological polar surface area (TPSA) is 27.1 Å². The van der Waals surface area contributed by atoms with Crippen LogP contribution in [-0.4, -0.2) is 23.0 Å². The minimum Gasteiger partial charge on any atom is -0.380 e. The molecule has 0 bridgehead atoms. The van der Waals surface area contributed by atoms with Gasteiger partial charge in [0.1, 0.15) is 0 Å². The monoisotopic (exact) mass is 230 g/mol. The highest BCUT2D eigenvalue weighted by atomic mass is 79.9. The average molecular weight is 231 g/mol. The molecule has 1 aromatic rings. The van der Waals surface area contributed by atoms with Gasteiger partial charge in [0.25, 0.3) is 0 Å². The third-order valence-corrected chi connectivity index (χ3v) is 2.46. The third kappa shape index (κ3) is 1.54. The van der Waals surface area contributed by atoms with Crippen LogP contribution in [0.2, 0.25) is 0 Å². The summed E-state index contributed by atoms with van der Waals surface area (Å²) < 4.78 is 8.15. The molecule has 0 amide bonds. The summed E-state index contributed by atoms with van der Waals surface area (Å²) in [6.07, 6.45) is 3.80. The summed E-state index contributed by atoms with van der Waals surface area (Å²) in [6.45, 7) is 4.86. The molecule has 2 rings (SSSR count). The van der Waals surface area contributed by atoms with E-state index in [4.69, 9.17) is 4.74 Å². The van der Waals surface area contributed by atoms with Gasteiger partial charge in [-0.05, 0) is 15.9 Å². The van der Waals surface area contributed by atoms with Gasteiger partial charge in [0.2, 0.25) is 0 Å². The van der Waals surface area contributed by atoms with Crippen LogP contribution in [0.3, 0.4) is 0 Å². The van der Waals surface area contributed by atoms with Crippen LogP contribution in [-0.2, 0) is 11.3 Å². The second-order valence-corrected chi connectivity index (χ2v) is 4.58. The second-order valence-electron chi connectivity index (χ2n) is 3.66. The summed E-state index contributed by atoms with van der Waals surface area (Å²) >= 11 is 3.37. The van der Waals surface area contributed by atoms with Gasteiger partial charge in [0.05, 0.1) is 30.4 Å². The van der Waals surface area contributed by atoms with E-state index in [2.05, 4.69) is 28.0 Å². The van der Waals surface area contributed by atoms with E-state index in [0.717, 1.165) is 24.2 Å². The molecule has 0 unspecified atom stereocenters. The zero-order chi connectivity index (χ0) is 8.60. The minimum absolute atomic E-state index is 0.297. The van der Waals surface area contributed by atoms with Crippen LogP contribution in [0.1, 0.15) is 6.92 Å². The molecule has 1 aliphatic heterocycles. The van der Waals surface area contributed by atoms with Crippen molar-refractivity contribution in [2.24, 2.45) is 5.41 Å². The maximum absolute atomic E-state index is 5.16. The molecular weight excluding hydrogens is 220 g/mol. The Morgan fingerprint density at radius 2 is 2.50 bits per heavy atom. The second kappa shape index (κ2) is 2.85. The molecule has 3 nitrogen and oxygen atoms in total. The molecule has 4 heteroatoms. The van der Waals surface area contributed by atoms with Gasteiger partial charge in [-0.2, -0.15) is 5.10 Å². The highest BCUT2D eigenvalue weighted by molar-refractivity contribution is 9.10. The van der Waals surface area contributed by atoms with Gasteiger partial charge in [0.15, 0.2) is 0 Å². The predicted octanol–water partition coefficient (Wildman–Crippen LogP) is 1.68. The van der Waals surface area contributed by atoms with Gasteiger partial charge in [-0.15, -0.1) is 0 Å². The van der Waals surface area contributed by atoms with Gasteiger partial charge in [-0.1, -0.05) is 6.92 Å². The molecule has 0 aromatic carbocycles. The number of hydrogen-bond acceptors (Lipinski definition) is 2. The quantitative estimate of drug-likeness (QED) is 0.774. The fourth-order valence-corrected chi connectivity index (χ4v) is 1.69. The summed E-state index contributed by atoms with van der Waals surface area (Å²) in [6, 6.07) is 0. The van der Waals surface area contributed by atoms with Gasteiger partial charge in [-0.25, -0.2) is 0 Å². The molecule has 0 radical (unpaired) electrons. The molecule has 12 heavy (non-hydrogen) atoms. The van der Waals surface area contributed by atoms with Crippen LogP contribution in [0.15, 0.2) is 16.9 Å². The Kier molecular flexibility index (Phi) is 1.96. The van der Waals surface area contributed by atoms with E-state index < -0.39 is 0 Å². The average Bonchev–Trinajstić information content (AvgIpc) is 2.32. The summed E-state index contributed by atoms with van der Waals surface area (Å²) in [4.78, 5) is 0. The molecule has 1 saturated heterocycles. The zero-order valence-electron chi connectivity index (χ0n) is 6.96. The Morgan fingerprint density at radius 1 is 1.75 bits per heavy atom. The molecule has 1 aliphatic rings. The van der Waals surface area contributed by atoms with Crippen molar-refractivity contribution >= 4 is 15.9 Å². The lowest BCUT2D eigenvalue weighted by molar-refractivity contribution is -0.111. The van der Waals surface area contributed by atoms with E-state index in [1.165, 1.54) is 0 Å². The van der Waals surface area contributed by atoms with Gasteiger partial charge >= 0.3 is 0 Å². The number of nitrogens with zero attached hydrogens (tertiary/aromatic N) is 2. The molecule has 0 spiro atoms. The van der Waals surface area contributed by atoms with Crippen LogP contribution >= 0.6 is 15.9 Å².